The van der Waals surface area contributed by atoms with Gasteiger partial charge in [0.1, 0.15) is 5.82 Å². The lowest BCUT2D eigenvalue weighted by Crippen LogP contribution is -2.23. The Kier molecular flexibility index (Phi) is 3.60. The summed E-state index contributed by atoms with van der Waals surface area (Å²) in [5.74, 6) is 0.575. The molecule has 0 aliphatic rings. The van der Waals surface area contributed by atoms with Crippen LogP contribution in [0.1, 0.15) is 5.82 Å². The lowest BCUT2D eigenvalue weighted by Gasteiger charge is -2.05. The predicted octanol–water partition coefficient (Wildman–Crippen LogP) is 1.65. The lowest BCUT2D eigenvalue weighted by atomic mass is 10.4. The number of sulfonamides is 1. The third kappa shape index (κ3) is 3.15. The van der Waals surface area contributed by atoms with E-state index in [2.05, 4.69) is 30.6 Å². The van der Waals surface area contributed by atoms with Crippen molar-refractivity contribution < 1.29 is 8.42 Å². The van der Waals surface area contributed by atoms with E-state index < -0.39 is 10.0 Å². The summed E-state index contributed by atoms with van der Waals surface area (Å²) >= 11 is 3.25. The molecule has 1 aromatic carbocycles. The predicted molar refractivity (Wildman–Crippen MR) is 66.8 cm³/mol. The van der Waals surface area contributed by atoms with Crippen molar-refractivity contribution in [2.24, 2.45) is 0 Å². The van der Waals surface area contributed by atoms with E-state index in [1.54, 1.807) is 24.5 Å². The van der Waals surface area contributed by atoms with Crippen LogP contribution in [0.25, 0.3) is 0 Å². The minimum atomic E-state index is -3.48. The first kappa shape index (κ1) is 12.3. The third-order valence-corrected chi connectivity index (χ3v) is 4.05. The fourth-order valence-corrected chi connectivity index (χ4v) is 2.51. The molecule has 0 aliphatic carbocycles. The van der Waals surface area contributed by atoms with Gasteiger partial charge in [-0.2, -0.15) is 0 Å². The summed E-state index contributed by atoms with van der Waals surface area (Å²) in [5, 5.41) is 0. The number of halogens is 1. The van der Waals surface area contributed by atoms with Gasteiger partial charge < -0.3 is 4.98 Å². The maximum Gasteiger partial charge on any atom is 0.240 e. The molecule has 2 aromatic rings. The molecule has 0 fully saturated rings. The molecular formula is C10H10BrN3O2S. The van der Waals surface area contributed by atoms with Gasteiger partial charge in [-0.1, -0.05) is 15.9 Å². The number of aromatic nitrogens is 2. The molecule has 0 saturated carbocycles. The Morgan fingerprint density at radius 3 is 2.59 bits per heavy atom. The molecule has 2 N–H and O–H groups in total. The highest BCUT2D eigenvalue weighted by Gasteiger charge is 2.13. The van der Waals surface area contributed by atoms with E-state index >= 15 is 0 Å². The maximum atomic E-state index is 11.9. The molecule has 17 heavy (non-hydrogen) atoms. The Bertz CT molecular complexity index is 579. The van der Waals surface area contributed by atoms with Crippen molar-refractivity contribution in [3.63, 3.8) is 0 Å². The van der Waals surface area contributed by atoms with Gasteiger partial charge in [0.15, 0.2) is 0 Å². The number of benzene rings is 1. The highest BCUT2D eigenvalue weighted by molar-refractivity contribution is 9.10. The first-order chi connectivity index (χ1) is 8.08. The molecule has 0 spiro atoms. The van der Waals surface area contributed by atoms with Crippen molar-refractivity contribution >= 4 is 26.0 Å². The topological polar surface area (TPSA) is 74.8 Å². The Labute approximate surface area is 107 Å². The second-order valence-corrected chi connectivity index (χ2v) is 6.00. The van der Waals surface area contributed by atoms with Crippen molar-refractivity contribution in [3.8, 4) is 0 Å². The molecule has 2 rings (SSSR count). The van der Waals surface area contributed by atoms with Gasteiger partial charge in [-0.05, 0) is 24.3 Å². The molecule has 0 atom stereocenters. The zero-order valence-electron chi connectivity index (χ0n) is 8.72. The van der Waals surface area contributed by atoms with Crippen LogP contribution in [0.15, 0.2) is 46.0 Å². The van der Waals surface area contributed by atoms with Gasteiger partial charge in [0.25, 0.3) is 0 Å². The fraction of sp³-hybridized carbons (Fsp3) is 0.100. The summed E-state index contributed by atoms with van der Waals surface area (Å²) in [5.41, 5.74) is 0. The largest absolute Gasteiger partial charge is 0.347 e. The van der Waals surface area contributed by atoms with Crippen LogP contribution in [0.5, 0.6) is 0 Å². The maximum absolute atomic E-state index is 11.9. The molecule has 1 heterocycles. The fourth-order valence-electron chi connectivity index (χ4n) is 1.26. The van der Waals surface area contributed by atoms with E-state index in [1.165, 1.54) is 12.1 Å². The minimum Gasteiger partial charge on any atom is -0.347 e. The Morgan fingerprint density at radius 1 is 1.29 bits per heavy atom. The number of nitrogens with one attached hydrogen (secondary N) is 2. The van der Waals surface area contributed by atoms with Crippen molar-refractivity contribution in [1.29, 1.82) is 0 Å². The minimum absolute atomic E-state index is 0.144. The van der Waals surface area contributed by atoms with Crippen LogP contribution in [0, 0.1) is 0 Å². The molecule has 5 nitrogen and oxygen atoms in total. The standard InChI is InChI=1S/C10H10BrN3O2S/c11-8-1-3-9(4-2-8)17(15,16)14-7-10-12-5-6-13-10/h1-6,14H,7H2,(H,12,13). The van der Waals surface area contributed by atoms with Crippen LogP contribution in [-0.4, -0.2) is 18.4 Å². The second kappa shape index (κ2) is 4.99. The van der Waals surface area contributed by atoms with Gasteiger partial charge in [-0.25, -0.2) is 18.1 Å². The number of hydrogen-bond donors (Lipinski definition) is 2. The first-order valence-corrected chi connectivity index (χ1v) is 7.09. The molecule has 0 unspecified atom stereocenters. The molecule has 90 valence electrons. The Hall–Kier alpha value is -1.18. The van der Waals surface area contributed by atoms with Gasteiger partial charge in [0.2, 0.25) is 10.0 Å². The Balaban J connectivity index is 2.11. The monoisotopic (exact) mass is 315 g/mol. The average Bonchev–Trinajstić information content (AvgIpc) is 2.80. The molecule has 7 heteroatoms. The van der Waals surface area contributed by atoms with Crippen molar-refractivity contribution in [1.82, 2.24) is 14.7 Å². The summed E-state index contributed by atoms with van der Waals surface area (Å²) in [6.07, 6.45) is 3.21. The molecular weight excluding hydrogens is 306 g/mol. The molecule has 0 amide bonds. The quantitative estimate of drug-likeness (QED) is 0.901. The van der Waals surface area contributed by atoms with E-state index in [1.807, 2.05) is 0 Å². The van der Waals surface area contributed by atoms with Gasteiger partial charge in [-0.3, -0.25) is 0 Å². The van der Waals surface area contributed by atoms with E-state index in [0.717, 1.165) is 4.47 Å². The number of H-pyrrole nitrogens is 1. The Morgan fingerprint density at radius 2 is 2.00 bits per heavy atom. The SMILES string of the molecule is O=S(=O)(NCc1ncc[nH]1)c1ccc(Br)cc1. The second-order valence-electron chi connectivity index (χ2n) is 3.31. The molecule has 0 saturated heterocycles. The summed E-state index contributed by atoms with van der Waals surface area (Å²) in [7, 11) is -3.48. The van der Waals surface area contributed by atoms with Gasteiger partial charge in [0.05, 0.1) is 11.4 Å². The van der Waals surface area contributed by atoms with Gasteiger partial charge >= 0.3 is 0 Å². The number of nitrogens with zero attached hydrogens (tertiary/aromatic N) is 1. The smallest absolute Gasteiger partial charge is 0.240 e. The zero-order chi connectivity index (χ0) is 12.3. The lowest BCUT2D eigenvalue weighted by molar-refractivity contribution is 0.579. The summed E-state index contributed by atoms with van der Waals surface area (Å²) in [6, 6.07) is 6.44. The normalized spacial score (nSPS) is 11.6. The summed E-state index contributed by atoms with van der Waals surface area (Å²) < 4.78 is 27.0. The van der Waals surface area contributed by atoms with E-state index in [-0.39, 0.29) is 11.4 Å². The molecule has 0 bridgehead atoms. The van der Waals surface area contributed by atoms with Gasteiger partial charge in [0, 0.05) is 16.9 Å². The zero-order valence-corrected chi connectivity index (χ0v) is 11.1. The highest BCUT2D eigenvalue weighted by Crippen LogP contribution is 2.14. The number of rotatable bonds is 4. The van der Waals surface area contributed by atoms with Crippen LogP contribution in [0.4, 0.5) is 0 Å². The molecule has 0 aliphatic heterocycles. The van der Waals surface area contributed by atoms with Gasteiger partial charge in [-0.15, -0.1) is 0 Å². The third-order valence-electron chi connectivity index (χ3n) is 2.11. The number of aromatic amines is 1. The van der Waals surface area contributed by atoms with Crippen molar-refractivity contribution in [2.45, 2.75) is 11.4 Å². The van der Waals surface area contributed by atoms with Crippen LogP contribution < -0.4 is 4.72 Å². The van der Waals surface area contributed by atoms with Crippen molar-refractivity contribution in [3.05, 3.63) is 47.0 Å². The average molecular weight is 316 g/mol. The summed E-state index contributed by atoms with van der Waals surface area (Å²) in [6.45, 7) is 0.144. The van der Waals surface area contributed by atoms with Crippen LogP contribution in [0.2, 0.25) is 0 Å². The van der Waals surface area contributed by atoms with Crippen LogP contribution >= 0.6 is 15.9 Å². The van der Waals surface area contributed by atoms with E-state index in [0.29, 0.717) is 5.82 Å². The number of imidazole rings is 1. The van der Waals surface area contributed by atoms with Crippen molar-refractivity contribution in [2.75, 3.05) is 0 Å². The van der Waals surface area contributed by atoms with E-state index in [9.17, 15) is 8.42 Å². The highest BCUT2D eigenvalue weighted by atomic mass is 79.9. The van der Waals surface area contributed by atoms with Crippen LogP contribution in [0.3, 0.4) is 0 Å². The first-order valence-electron chi connectivity index (χ1n) is 4.81. The van der Waals surface area contributed by atoms with E-state index in [4.69, 9.17) is 0 Å². The number of hydrogen-bond acceptors (Lipinski definition) is 3. The van der Waals surface area contributed by atoms with Crippen LogP contribution in [-0.2, 0) is 16.6 Å². The molecule has 1 aromatic heterocycles. The molecule has 0 radical (unpaired) electrons. The summed E-state index contributed by atoms with van der Waals surface area (Å²) in [4.78, 5) is 6.99.